The molecule has 2 N–H and O–H groups in total. The van der Waals surface area contributed by atoms with Crippen molar-refractivity contribution in [2.45, 2.75) is 30.2 Å². The summed E-state index contributed by atoms with van der Waals surface area (Å²) in [5, 5.41) is 9.35. The van der Waals surface area contributed by atoms with Crippen molar-refractivity contribution in [3.63, 3.8) is 0 Å². The number of aromatic amines is 1. The Labute approximate surface area is 90.9 Å². The first-order valence-electron chi connectivity index (χ1n) is 4.45. The van der Waals surface area contributed by atoms with Crippen molar-refractivity contribution in [2.75, 3.05) is 0 Å². The molecule has 1 aromatic heterocycles. The van der Waals surface area contributed by atoms with Crippen LogP contribution in [0.1, 0.15) is 20.3 Å². The van der Waals surface area contributed by atoms with Crippen LogP contribution in [0.5, 0.6) is 0 Å². The molecule has 1 rings (SSSR count). The van der Waals surface area contributed by atoms with Crippen LogP contribution in [0.4, 0.5) is 0 Å². The number of aromatic nitrogens is 2. The molecule has 15 heavy (non-hydrogen) atoms. The molecule has 0 radical (unpaired) electrons. The van der Waals surface area contributed by atoms with Crippen LogP contribution in [-0.4, -0.2) is 25.8 Å². The van der Waals surface area contributed by atoms with Gasteiger partial charge in [0.05, 0.1) is 0 Å². The standard InChI is InChI=1S/C9H12N2O3S/c1-3-9(2,7(13)14)15-8-10-5-4-6(12)11-8/h4-5H,3H2,1-2H3,(H,13,14)(H,10,11,12). The number of hydrogen-bond donors (Lipinski definition) is 2. The molecule has 1 unspecified atom stereocenters. The van der Waals surface area contributed by atoms with Gasteiger partial charge in [-0.3, -0.25) is 9.59 Å². The predicted octanol–water partition coefficient (Wildman–Crippen LogP) is 1.12. The average Bonchev–Trinajstić information content (AvgIpc) is 2.17. The molecule has 0 bridgehead atoms. The van der Waals surface area contributed by atoms with E-state index in [-0.39, 0.29) is 5.56 Å². The summed E-state index contributed by atoms with van der Waals surface area (Å²) in [6.07, 6.45) is 1.81. The predicted molar refractivity (Wildman–Crippen MR) is 57.0 cm³/mol. The Bertz CT molecular complexity index is 418. The molecule has 6 heteroatoms. The number of rotatable bonds is 4. The highest BCUT2D eigenvalue weighted by atomic mass is 32.2. The fraction of sp³-hybridized carbons (Fsp3) is 0.444. The van der Waals surface area contributed by atoms with E-state index in [9.17, 15) is 9.59 Å². The number of nitrogens with zero attached hydrogens (tertiary/aromatic N) is 1. The van der Waals surface area contributed by atoms with Gasteiger partial charge in [0.25, 0.3) is 5.56 Å². The minimum Gasteiger partial charge on any atom is -0.480 e. The summed E-state index contributed by atoms with van der Waals surface area (Å²) in [4.78, 5) is 28.4. The van der Waals surface area contributed by atoms with E-state index in [0.29, 0.717) is 11.6 Å². The number of carboxylic acids is 1. The molecular formula is C9H12N2O3S. The number of aliphatic carboxylic acids is 1. The van der Waals surface area contributed by atoms with Gasteiger partial charge >= 0.3 is 5.97 Å². The fourth-order valence-corrected chi connectivity index (χ4v) is 1.81. The van der Waals surface area contributed by atoms with Gasteiger partial charge in [-0.25, -0.2) is 4.98 Å². The van der Waals surface area contributed by atoms with Crippen LogP contribution in [0.25, 0.3) is 0 Å². The molecule has 0 spiro atoms. The molecule has 0 aliphatic heterocycles. The summed E-state index contributed by atoms with van der Waals surface area (Å²) in [5.74, 6) is -0.915. The molecule has 0 aromatic carbocycles. The molecule has 0 saturated carbocycles. The van der Waals surface area contributed by atoms with Gasteiger partial charge in [0.15, 0.2) is 5.16 Å². The first-order valence-corrected chi connectivity index (χ1v) is 5.27. The summed E-state index contributed by atoms with van der Waals surface area (Å²) >= 11 is 1.05. The second-order valence-corrected chi connectivity index (χ2v) is 4.72. The van der Waals surface area contributed by atoms with Gasteiger partial charge in [-0.05, 0) is 13.3 Å². The van der Waals surface area contributed by atoms with Gasteiger partial charge in [0.1, 0.15) is 4.75 Å². The quantitative estimate of drug-likeness (QED) is 0.596. The molecule has 1 heterocycles. The first-order chi connectivity index (χ1) is 6.98. The lowest BCUT2D eigenvalue weighted by atomic mass is 10.1. The van der Waals surface area contributed by atoms with E-state index < -0.39 is 10.7 Å². The highest BCUT2D eigenvalue weighted by Crippen LogP contribution is 2.32. The fourth-order valence-electron chi connectivity index (χ4n) is 0.884. The Balaban J connectivity index is 2.93. The normalized spacial score (nSPS) is 14.5. The molecular weight excluding hydrogens is 216 g/mol. The summed E-state index contributed by atoms with van der Waals surface area (Å²) in [5.41, 5.74) is -0.281. The summed E-state index contributed by atoms with van der Waals surface area (Å²) in [6, 6.07) is 1.29. The Morgan fingerprint density at radius 1 is 1.73 bits per heavy atom. The van der Waals surface area contributed by atoms with Crippen LogP contribution in [0.15, 0.2) is 22.2 Å². The smallest absolute Gasteiger partial charge is 0.319 e. The van der Waals surface area contributed by atoms with Crippen LogP contribution >= 0.6 is 11.8 Å². The van der Waals surface area contributed by atoms with Gasteiger partial charge in [-0.2, -0.15) is 0 Å². The van der Waals surface area contributed by atoms with E-state index in [2.05, 4.69) is 9.97 Å². The molecule has 82 valence electrons. The number of thioether (sulfide) groups is 1. The third-order valence-electron chi connectivity index (χ3n) is 2.10. The molecule has 0 aliphatic rings. The molecule has 0 amide bonds. The lowest BCUT2D eigenvalue weighted by Gasteiger charge is -2.20. The van der Waals surface area contributed by atoms with Crippen molar-refractivity contribution in [1.29, 1.82) is 0 Å². The molecule has 1 aromatic rings. The lowest BCUT2D eigenvalue weighted by molar-refractivity contribution is -0.139. The van der Waals surface area contributed by atoms with Gasteiger partial charge in [-0.1, -0.05) is 18.7 Å². The molecule has 5 nitrogen and oxygen atoms in total. The monoisotopic (exact) mass is 228 g/mol. The van der Waals surface area contributed by atoms with Gasteiger partial charge in [0, 0.05) is 12.3 Å². The SMILES string of the molecule is CCC(C)(Sc1nccc(=O)[nH]1)C(=O)O. The Morgan fingerprint density at radius 2 is 2.40 bits per heavy atom. The van der Waals surface area contributed by atoms with Crippen LogP contribution < -0.4 is 5.56 Å². The van der Waals surface area contributed by atoms with E-state index in [4.69, 9.17) is 5.11 Å². The zero-order chi connectivity index (χ0) is 11.5. The number of hydrogen-bond acceptors (Lipinski definition) is 4. The minimum absolute atomic E-state index is 0.281. The Hall–Kier alpha value is -1.30. The number of H-pyrrole nitrogens is 1. The highest BCUT2D eigenvalue weighted by Gasteiger charge is 2.33. The van der Waals surface area contributed by atoms with Crippen LogP contribution in [-0.2, 0) is 4.79 Å². The van der Waals surface area contributed by atoms with Crippen LogP contribution in [0.2, 0.25) is 0 Å². The van der Waals surface area contributed by atoms with Crippen molar-refractivity contribution in [3.05, 3.63) is 22.6 Å². The maximum Gasteiger partial charge on any atom is 0.319 e. The lowest BCUT2D eigenvalue weighted by Crippen LogP contribution is -2.31. The second kappa shape index (κ2) is 4.48. The number of nitrogens with one attached hydrogen (secondary N) is 1. The third kappa shape index (κ3) is 2.82. The van der Waals surface area contributed by atoms with Crippen molar-refractivity contribution in [3.8, 4) is 0 Å². The molecule has 0 fully saturated rings. The van der Waals surface area contributed by atoms with Crippen LogP contribution in [0.3, 0.4) is 0 Å². The summed E-state index contributed by atoms with van der Waals surface area (Å²) in [6.45, 7) is 3.38. The van der Waals surface area contributed by atoms with Gasteiger partial charge in [-0.15, -0.1) is 0 Å². The molecule has 1 atom stereocenters. The minimum atomic E-state index is -0.961. The summed E-state index contributed by atoms with van der Waals surface area (Å²) < 4.78 is -0.961. The maximum absolute atomic E-state index is 11.0. The van der Waals surface area contributed by atoms with Gasteiger partial charge in [0.2, 0.25) is 0 Å². The second-order valence-electron chi connectivity index (χ2n) is 3.23. The zero-order valence-electron chi connectivity index (χ0n) is 8.48. The van der Waals surface area contributed by atoms with E-state index in [0.717, 1.165) is 11.8 Å². The Kier molecular flexibility index (Phi) is 3.52. The number of carbonyl (C=O) groups is 1. The van der Waals surface area contributed by atoms with Crippen molar-refractivity contribution in [2.24, 2.45) is 0 Å². The zero-order valence-corrected chi connectivity index (χ0v) is 9.30. The third-order valence-corrected chi connectivity index (χ3v) is 3.41. The Morgan fingerprint density at radius 3 is 2.87 bits per heavy atom. The van der Waals surface area contributed by atoms with E-state index in [1.807, 2.05) is 0 Å². The van der Waals surface area contributed by atoms with Crippen molar-refractivity contribution in [1.82, 2.24) is 9.97 Å². The first kappa shape index (κ1) is 11.8. The topological polar surface area (TPSA) is 83.0 Å². The van der Waals surface area contributed by atoms with E-state index >= 15 is 0 Å². The largest absolute Gasteiger partial charge is 0.480 e. The highest BCUT2D eigenvalue weighted by molar-refractivity contribution is 8.01. The molecule has 0 aliphatic carbocycles. The average molecular weight is 228 g/mol. The summed E-state index contributed by atoms with van der Waals surface area (Å²) in [7, 11) is 0. The number of carboxylic acid groups (broad SMARTS) is 1. The van der Waals surface area contributed by atoms with Crippen molar-refractivity contribution < 1.29 is 9.90 Å². The van der Waals surface area contributed by atoms with E-state index in [1.54, 1.807) is 13.8 Å². The van der Waals surface area contributed by atoms with Crippen molar-refractivity contribution >= 4 is 17.7 Å². The van der Waals surface area contributed by atoms with Gasteiger partial charge < -0.3 is 10.1 Å². The van der Waals surface area contributed by atoms with E-state index in [1.165, 1.54) is 12.3 Å². The van der Waals surface area contributed by atoms with Crippen LogP contribution in [0, 0.1) is 0 Å². The molecule has 0 saturated heterocycles. The maximum atomic E-state index is 11.0.